The van der Waals surface area contributed by atoms with Gasteiger partial charge in [-0.2, -0.15) is 0 Å². The average Bonchev–Trinajstić information content (AvgIpc) is 3.25. The third-order valence-corrected chi connectivity index (χ3v) is 5.35. The van der Waals surface area contributed by atoms with E-state index in [2.05, 4.69) is 16.4 Å². The summed E-state index contributed by atoms with van der Waals surface area (Å²) in [7, 11) is 3.17. The lowest BCUT2D eigenvalue weighted by Gasteiger charge is -2.13. The van der Waals surface area contributed by atoms with Gasteiger partial charge in [0.15, 0.2) is 11.5 Å². The van der Waals surface area contributed by atoms with Crippen LogP contribution in [0.15, 0.2) is 60.8 Å². The fourth-order valence-corrected chi connectivity index (χ4v) is 3.68. The number of pyridine rings is 1. The van der Waals surface area contributed by atoms with E-state index in [4.69, 9.17) is 14.2 Å². The number of hydrogen-bond acceptors (Lipinski definition) is 5. The number of fused-ring (bicyclic) bond motifs is 1. The van der Waals surface area contributed by atoms with Crippen LogP contribution in [0.3, 0.4) is 0 Å². The fraction of sp³-hybridized carbons (Fsp3) is 0.231. The summed E-state index contributed by atoms with van der Waals surface area (Å²) in [5.74, 6) is 1.93. The van der Waals surface area contributed by atoms with E-state index in [0.717, 1.165) is 40.1 Å². The van der Waals surface area contributed by atoms with E-state index in [-0.39, 0.29) is 12.0 Å². The smallest absolute Gasteiger partial charge is 0.244 e. The van der Waals surface area contributed by atoms with Gasteiger partial charge in [-0.25, -0.2) is 0 Å². The lowest BCUT2D eigenvalue weighted by Crippen LogP contribution is -2.33. The van der Waals surface area contributed by atoms with Crippen LogP contribution in [0.5, 0.6) is 17.2 Å². The Kier molecular flexibility index (Phi) is 6.40. The molecule has 0 bridgehead atoms. The van der Waals surface area contributed by atoms with Gasteiger partial charge in [-0.3, -0.25) is 9.78 Å². The van der Waals surface area contributed by atoms with Gasteiger partial charge in [0.05, 0.1) is 26.5 Å². The molecule has 0 spiro atoms. The molecular formula is C26H26N2O4. The molecule has 0 aliphatic carbocycles. The topological polar surface area (TPSA) is 69.7 Å². The number of hydrogen-bond donors (Lipinski definition) is 1. The highest BCUT2D eigenvalue weighted by Gasteiger charge is 2.26. The van der Waals surface area contributed by atoms with Gasteiger partial charge in [0.25, 0.3) is 0 Å². The average molecular weight is 431 g/mol. The zero-order chi connectivity index (χ0) is 22.5. The number of benzene rings is 2. The zero-order valence-electron chi connectivity index (χ0n) is 18.4. The van der Waals surface area contributed by atoms with Gasteiger partial charge in [0.1, 0.15) is 11.9 Å². The number of nitrogens with one attached hydrogen (secondary N) is 1. The predicted molar refractivity (Wildman–Crippen MR) is 124 cm³/mol. The van der Waals surface area contributed by atoms with Crippen molar-refractivity contribution in [3.8, 4) is 28.5 Å². The summed E-state index contributed by atoms with van der Waals surface area (Å²) >= 11 is 0. The van der Waals surface area contributed by atoms with Crippen LogP contribution in [0, 0.1) is 6.92 Å². The lowest BCUT2D eigenvalue weighted by atomic mass is 10.0. The Balaban J connectivity index is 1.36. The first kappa shape index (κ1) is 21.4. The number of methoxy groups -OCH3 is 2. The minimum Gasteiger partial charge on any atom is -0.493 e. The van der Waals surface area contributed by atoms with Crippen LogP contribution in [0.4, 0.5) is 0 Å². The van der Waals surface area contributed by atoms with Crippen molar-refractivity contribution in [2.24, 2.45) is 0 Å². The Bertz CT molecular complexity index is 1140. The molecule has 4 rings (SSSR count). The van der Waals surface area contributed by atoms with E-state index in [1.54, 1.807) is 26.4 Å². The standard InChI is InChI=1S/C26H26N2O4/c1-17-7-10-22(27-15-17)21-6-4-5-19-14-20(32-26(19)21)16-28-25(29)12-9-18-8-11-23(30-2)24(13-18)31-3/h4-13,15,20H,14,16H2,1-3H3,(H,28,29). The van der Waals surface area contributed by atoms with Crippen molar-refractivity contribution >= 4 is 12.0 Å². The first-order chi connectivity index (χ1) is 15.6. The number of ether oxygens (including phenoxy) is 3. The zero-order valence-corrected chi connectivity index (χ0v) is 18.4. The van der Waals surface area contributed by atoms with Gasteiger partial charge in [-0.1, -0.05) is 24.3 Å². The van der Waals surface area contributed by atoms with E-state index < -0.39 is 0 Å². The number of nitrogens with zero attached hydrogens (tertiary/aromatic N) is 1. The summed E-state index contributed by atoms with van der Waals surface area (Å²) in [6, 6.07) is 15.6. The van der Waals surface area contributed by atoms with E-state index in [9.17, 15) is 4.79 Å². The van der Waals surface area contributed by atoms with Gasteiger partial charge < -0.3 is 19.5 Å². The Hall–Kier alpha value is -3.80. The number of carbonyl (C=O) groups excluding carboxylic acids is 1. The fourth-order valence-electron chi connectivity index (χ4n) is 3.68. The maximum absolute atomic E-state index is 12.3. The van der Waals surface area contributed by atoms with E-state index >= 15 is 0 Å². The van der Waals surface area contributed by atoms with Crippen LogP contribution in [0.2, 0.25) is 0 Å². The predicted octanol–water partition coefficient (Wildman–Crippen LogP) is 4.21. The molecule has 0 saturated heterocycles. The SMILES string of the molecule is COc1ccc(C=CC(=O)NCC2Cc3cccc(-c4ccc(C)cn4)c3O2)cc1OC. The molecule has 1 atom stereocenters. The van der Waals surface area contributed by atoms with Gasteiger partial charge in [-0.05, 0) is 54.0 Å². The number of rotatable bonds is 7. The van der Waals surface area contributed by atoms with Crippen LogP contribution < -0.4 is 19.5 Å². The molecule has 1 N–H and O–H groups in total. The van der Waals surface area contributed by atoms with Crippen molar-refractivity contribution in [3.05, 3.63) is 77.5 Å². The molecule has 0 fully saturated rings. The van der Waals surface area contributed by atoms with Crippen molar-refractivity contribution in [1.82, 2.24) is 10.3 Å². The number of aryl methyl sites for hydroxylation is 1. The molecule has 6 heteroatoms. The molecule has 6 nitrogen and oxygen atoms in total. The summed E-state index contributed by atoms with van der Waals surface area (Å²) < 4.78 is 16.7. The van der Waals surface area contributed by atoms with Crippen molar-refractivity contribution in [3.63, 3.8) is 0 Å². The molecule has 0 radical (unpaired) electrons. The van der Waals surface area contributed by atoms with Crippen LogP contribution in [0.1, 0.15) is 16.7 Å². The summed E-state index contributed by atoms with van der Waals surface area (Å²) in [4.78, 5) is 16.9. The maximum Gasteiger partial charge on any atom is 0.244 e. The number of carbonyl (C=O) groups is 1. The minimum absolute atomic E-state index is 0.116. The summed E-state index contributed by atoms with van der Waals surface area (Å²) in [5, 5.41) is 2.93. The lowest BCUT2D eigenvalue weighted by molar-refractivity contribution is -0.116. The van der Waals surface area contributed by atoms with Crippen LogP contribution in [0.25, 0.3) is 17.3 Å². The van der Waals surface area contributed by atoms with E-state index in [1.807, 2.05) is 49.5 Å². The monoisotopic (exact) mass is 430 g/mol. The Morgan fingerprint density at radius 1 is 1.16 bits per heavy atom. The Morgan fingerprint density at radius 2 is 2.00 bits per heavy atom. The molecule has 0 saturated carbocycles. The quantitative estimate of drug-likeness (QED) is 0.569. The molecule has 1 unspecified atom stereocenters. The first-order valence-corrected chi connectivity index (χ1v) is 10.5. The number of aromatic nitrogens is 1. The highest BCUT2D eigenvalue weighted by atomic mass is 16.5. The number of amides is 1. The molecule has 1 aliphatic rings. The van der Waals surface area contributed by atoms with Crippen molar-refractivity contribution in [2.45, 2.75) is 19.4 Å². The van der Waals surface area contributed by atoms with Crippen molar-refractivity contribution in [1.29, 1.82) is 0 Å². The molecule has 1 amide bonds. The normalized spacial score (nSPS) is 14.7. The minimum atomic E-state index is -0.181. The second kappa shape index (κ2) is 9.56. The molecule has 32 heavy (non-hydrogen) atoms. The number of para-hydroxylation sites is 1. The molecular weight excluding hydrogens is 404 g/mol. The second-order valence-electron chi connectivity index (χ2n) is 7.65. The molecule has 2 aromatic carbocycles. The van der Waals surface area contributed by atoms with Crippen LogP contribution in [-0.4, -0.2) is 37.8 Å². The van der Waals surface area contributed by atoms with Gasteiger partial charge >= 0.3 is 0 Å². The second-order valence-corrected chi connectivity index (χ2v) is 7.65. The molecule has 2 heterocycles. The molecule has 1 aliphatic heterocycles. The Morgan fingerprint density at radius 3 is 2.75 bits per heavy atom. The molecule has 3 aromatic rings. The summed E-state index contributed by atoms with van der Waals surface area (Å²) in [6.45, 7) is 2.44. The van der Waals surface area contributed by atoms with Gasteiger partial charge in [-0.15, -0.1) is 0 Å². The molecule has 1 aromatic heterocycles. The molecule has 164 valence electrons. The van der Waals surface area contributed by atoms with E-state index in [0.29, 0.717) is 18.0 Å². The van der Waals surface area contributed by atoms with Gasteiger partial charge in [0.2, 0.25) is 5.91 Å². The largest absolute Gasteiger partial charge is 0.493 e. The van der Waals surface area contributed by atoms with Gasteiger partial charge in [0, 0.05) is 24.3 Å². The third kappa shape index (κ3) is 4.75. The highest BCUT2D eigenvalue weighted by molar-refractivity contribution is 5.91. The first-order valence-electron chi connectivity index (χ1n) is 10.5. The van der Waals surface area contributed by atoms with Crippen LogP contribution in [-0.2, 0) is 11.2 Å². The Labute approximate surface area is 187 Å². The van der Waals surface area contributed by atoms with E-state index in [1.165, 1.54) is 6.08 Å². The maximum atomic E-state index is 12.3. The summed E-state index contributed by atoms with van der Waals surface area (Å²) in [5.41, 5.74) is 4.95. The van der Waals surface area contributed by atoms with Crippen molar-refractivity contribution in [2.75, 3.05) is 20.8 Å². The van der Waals surface area contributed by atoms with Crippen molar-refractivity contribution < 1.29 is 19.0 Å². The summed E-state index contributed by atoms with van der Waals surface area (Å²) in [6.07, 6.45) is 5.73. The third-order valence-electron chi connectivity index (χ3n) is 5.35. The highest BCUT2D eigenvalue weighted by Crippen LogP contribution is 2.38. The van der Waals surface area contributed by atoms with Crippen LogP contribution >= 0.6 is 0 Å².